The van der Waals surface area contributed by atoms with Crippen LogP contribution >= 0.6 is 0 Å². The van der Waals surface area contributed by atoms with Gasteiger partial charge in [-0.2, -0.15) is 0 Å². The van der Waals surface area contributed by atoms with Crippen LogP contribution in [0.5, 0.6) is 0 Å². The van der Waals surface area contributed by atoms with Gasteiger partial charge >= 0.3 is 0 Å². The maximum Gasteiger partial charge on any atom is 0.261 e. The van der Waals surface area contributed by atoms with Crippen molar-refractivity contribution in [2.75, 3.05) is 26.2 Å². The summed E-state index contributed by atoms with van der Waals surface area (Å²) >= 11 is 0. The van der Waals surface area contributed by atoms with Crippen LogP contribution in [0.3, 0.4) is 0 Å². The molecule has 2 atom stereocenters. The molecule has 1 amide bonds. The summed E-state index contributed by atoms with van der Waals surface area (Å²) in [5.74, 6) is 1.49. The quantitative estimate of drug-likeness (QED) is 0.580. The van der Waals surface area contributed by atoms with Gasteiger partial charge in [0.15, 0.2) is 5.60 Å². The molecular formula is C28H30N2O2. The smallest absolute Gasteiger partial charge is 0.261 e. The molecule has 2 fully saturated rings. The third-order valence-corrected chi connectivity index (χ3v) is 7.22. The Hall–Kier alpha value is -2.95. The molecule has 1 saturated carbocycles. The number of carbonyl (C=O) groups excluding carboxylic acids is 1. The van der Waals surface area contributed by atoms with Crippen LogP contribution in [0.25, 0.3) is 0 Å². The number of hydrogen-bond donors (Lipinski definition) is 2. The summed E-state index contributed by atoms with van der Waals surface area (Å²) < 4.78 is 0. The van der Waals surface area contributed by atoms with Crippen LogP contribution in [0.15, 0.2) is 91.0 Å². The zero-order valence-corrected chi connectivity index (χ0v) is 18.2. The summed E-state index contributed by atoms with van der Waals surface area (Å²) in [4.78, 5) is 15.8. The Morgan fingerprint density at radius 3 is 1.88 bits per heavy atom. The van der Waals surface area contributed by atoms with E-state index in [2.05, 4.69) is 40.5 Å². The van der Waals surface area contributed by atoms with Gasteiger partial charge in [-0.1, -0.05) is 91.0 Å². The maximum absolute atomic E-state index is 13.3. The number of likely N-dealkylation sites (tertiary alicyclic amines) is 1. The zero-order valence-electron chi connectivity index (χ0n) is 18.2. The van der Waals surface area contributed by atoms with Crippen molar-refractivity contribution in [3.63, 3.8) is 0 Å². The van der Waals surface area contributed by atoms with Gasteiger partial charge in [-0.25, -0.2) is 0 Å². The summed E-state index contributed by atoms with van der Waals surface area (Å²) in [5.41, 5.74) is 0.880. The lowest BCUT2D eigenvalue weighted by molar-refractivity contribution is -0.136. The highest BCUT2D eigenvalue weighted by molar-refractivity contribution is 5.90. The van der Waals surface area contributed by atoms with Crippen molar-refractivity contribution >= 4 is 5.91 Å². The lowest BCUT2D eigenvalue weighted by atomic mass is 9.85. The summed E-state index contributed by atoms with van der Waals surface area (Å²) in [6.45, 7) is 3.94. The molecule has 1 heterocycles. The molecule has 0 bridgehead atoms. The van der Waals surface area contributed by atoms with E-state index in [0.29, 0.717) is 35.4 Å². The molecule has 164 valence electrons. The van der Waals surface area contributed by atoms with Crippen LogP contribution in [-0.2, 0) is 16.8 Å². The average molecular weight is 427 g/mol. The molecule has 0 spiro atoms. The SMILES string of the molecule is O=C(NCC1C2CN(CCc3ccccc3)CC12)C(O)(c1ccccc1)c1ccccc1. The number of nitrogens with zero attached hydrogens (tertiary/aromatic N) is 1. The number of amides is 1. The molecule has 2 aliphatic rings. The first-order valence-corrected chi connectivity index (χ1v) is 11.5. The van der Waals surface area contributed by atoms with E-state index in [-0.39, 0.29) is 5.91 Å². The Morgan fingerprint density at radius 2 is 1.34 bits per heavy atom. The fourth-order valence-corrected chi connectivity index (χ4v) is 5.28. The van der Waals surface area contributed by atoms with Crippen LogP contribution in [0, 0.1) is 17.8 Å². The van der Waals surface area contributed by atoms with E-state index in [1.54, 1.807) is 0 Å². The number of rotatable bonds is 8. The summed E-state index contributed by atoms with van der Waals surface area (Å²) in [5, 5.41) is 14.6. The molecule has 1 saturated heterocycles. The van der Waals surface area contributed by atoms with E-state index in [1.165, 1.54) is 5.56 Å². The van der Waals surface area contributed by atoms with Crippen LogP contribution < -0.4 is 5.32 Å². The first-order valence-electron chi connectivity index (χ1n) is 11.5. The number of hydrogen-bond acceptors (Lipinski definition) is 3. The molecule has 3 aromatic rings. The Labute approximate surface area is 189 Å². The molecule has 32 heavy (non-hydrogen) atoms. The molecule has 0 radical (unpaired) electrons. The lowest BCUT2D eigenvalue weighted by Crippen LogP contribution is -2.46. The second-order valence-electron chi connectivity index (χ2n) is 9.14. The monoisotopic (exact) mass is 426 g/mol. The van der Waals surface area contributed by atoms with Crippen LogP contribution in [0.1, 0.15) is 16.7 Å². The molecular weight excluding hydrogens is 396 g/mol. The van der Waals surface area contributed by atoms with E-state index in [4.69, 9.17) is 0 Å². The standard InChI is InChI=1S/C28H30N2O2/c31-27(28(32,22-12-6-2-7-13-22)23-14-8-3-9-15-23)29-18-24-25-19-30(20-26(24)25)17-16-21-10-4-1-5-11-21/h1-15,24-26,32H,16-20H2,(H,29,31). The number of piperidine rings is 1. The van der Waals surface area contributed by atoms with Crippen molar-refractivity contribution in [2.24, 2.45) is 17.8 Å². The van der Waals surface area contributed by atoms with Gasteiger partial charge in [0.2, 0.25) is 0 Å². The molecule has 1 aliphatic carbocycles. The zero-order chi connectivity index (χ0) is 22.0. The highest BCUT2D eigenvalue weighted by Gasteiger charge is 2.55. The van der Waals surface area contributed by atoms with E-state index in [9.17, 15) is 9.90 Å². The molecule has 4 heteroatoms. The minimum atomic E-state index is -1.69. The second kappa shape index (κ2) is 8.89. The molecule has 5 rings (SSSR count). The minimum absolute atomic E-state index is 0.346. The van der Waals surface area contributed by atoms with Crippen LogP contribution in [0.4, 0.5) is 0 Å². The second-order valence-corrected chi connectivity index (χ2v) is 9.14. The van der Waals surface area contributed by atoms with Gasteiger partial charge < -0.3 is 15.3 Å². The number of carbonyl (C=O) groups is 1. The average Bonchev–Trinajstić information content (AvgIpc) is 3.31. The highest BCUT2D eigenvalue weighted by Crippen LogP contribution is 2.51. The topological polar surface area (TPSA) is 52.6 Å². The van der Waals surface area contributed by atoms with Gasteiger partial charge in [-0.15, -0.1) is 0 Å². The van der Waals surface area contributed by atoms with Gasteiger partial charge in [0, 0.05) is 26.2 Å². The number of nitrogens with one attached hydrogen (secondary N) is 1. The molecule has 3 aromatic carbocycles. The molecule has 4 nitrogen and oxygen atoms in total. The molecule has 0 aromatic heterocycles. The van der Waals surface area contributed by atoms with Gasteiger partial charge in [0.05, 0.1) is 0 Å². The molecule has 2 N–H and O–H groups in total. The van der Waals surface area contributed by atoms with Gasteiger partial charge in [0.1, 0.15) is 0 Å². The number of fused-ring (bicyclic) bond motifs is 1. The van der Waals surface area contributed by atoms with Gasteiger partial charge in [-0.3, -0.25) is 4.79 Å². The van der Waals surface area contributed by atoms with Gasteiger partial charge in [0.25, 0.3) is 5.91 Å². The predicted molar refractivity (Wildman–Crippen MR) is 126 cm³/mol. The third-order valence-electron chi connectivity index (χ3n) is 7.22. The normalized spacial score (nSPS) is 22.3. The highest BCUT2D eigenvalue weighted by atomic mass is 16.3. The minimum Gasteiger partial charge on any atom is -0.372 e. The fraction of sp³-hybridized carbons (Fsp3) is 0.321. The lowest BCUT2D eigenvalue weighted by Gasteiger charge is -2.28. The maximum atomic E-state index is 13.3. The van der Waals surface area contributed by atoms with Crippen molar-refractivity contribution in [2.45, 2.75) is 12.0 Å². The van der Waals surface area contributed by atoms with Crippen molar-refractivity contribution in [1.82, 2.24) is 10.2 Å². The number of aliphatic hydroxyl groups is 1. The largest absolute Gasteiger partial charge is 0.372 e. The van der Waals surface area contributed by atoms with Crippen molar-refractivity contribution in [1.29, 1.82) is 0 Å². The molecule has 1 aliphatic heterocycles. The first-order chi connectivity index (χ1) is 15.7. The van der Waals surface area contributed by atoms with Crippen molar-refractivity contribution in [3.05, 3.63) is 108 Å². The van der Waals surface area contributed by atoms with Crippen LogP contribution in [-0.4, -0.2) is 42.1 Å². The van der Waals surface area contributed by atoms with E-state index < -0.39 is 5.60 Å². The summed E-state index contributed by atoms with van der Waals surface area (Å²) in [6.07, 6.45) is 1.09. The van der Waals surface area contributed by atoms with Crippen LogP contribution in [0.2, 0.25) is 0 Å². The van der Waals surface area contributed by atoms with Gasteiger partial charge in [-0.05, 0) is 40.9 Å². The van der Waals surface area contributed by atoms with Crippen molar-refractivity contribution in [3.8, 4) is 0 Å². The Bertz CT molecular complexity index is 987. The first kappa shape index (κ1) is 20.9. The Balaban J connectivity index is 1.17. The van der Waals surface area contributed by atoms with Crippen molar-refractivity contribution < 1.29 is 9.90 Å². The summed E-state index contributed by atoms with van der Waals surface area (Å²) in [6, 6.07) is 29.1. The summed E-state index contributed by atoms with van der Waals surface area (Å²) in [7, 11) is 0. The Morgan fingerprint density at radius 1 is 0.844 bits per heavy atom. The number of benzene rings is 3. The van der Waals surface area contributed by atoms with E-state index >= 15 is 0 Å². The predicted octanol–water partition coefficient (Wildman–Crippen LogP) is 3.46. The Kier molecular flexibility index (Phi) is 5.81. The van der Waals surface area contributed by atoms with E-state index in [0.717, 1.165) is 26.1 Å². The fourth-order valence-electron chi connectivity index (χ4n) is 5.28. The third kappa shape index (κ3) is 4.08. The molecule has 2 unspecified atom stereocenters. The van der Waals surface area contributed by atoms with E-state index in [1.807, 2.05) is 60.7 Å².